The van der Waals surface area contributed by atoms with Gasteiger partial charge < -0.3 is 15.0 Å². The third-order valence-electron chi connectivity index (χ3n) is 4.85. The summed E-state index contributed by atoms with van der Waals surface area (Å²) in [6, 6.07) is 13.8. The molecule has 1 aromatic heterocycles. The second-order valence-corrected chi connectivity index (χ2v) is 6.59. The molecule has 5 nitrogen and oxygen atoms in total. The molecular formula is C20H26N3O2+. The van der Waals surface area contributed by atoms with Crippen LogP contribution in [0.25, 0.3) is 0 Å². The van der Waals surface area contributed by atoms with Crippen molar-refractivity contribution in [2.75, 3.05) is 20.2 Å². The molecule has 2 heterocycles. The zero-order valence-corrected chi connectivity index (χ0v) is 14.7. The minimum atomic E-state index is 0.130. The molecule has 1 aliphatic heterocycles. The number of hydrogen-bond donors (Lipinski definition) is 2. The topological polar surface area (TPSA) is 55.7 Å². The Kier molecular flexibility index (Phi) is 6.01. The number of methoxy groups -OCH3 is 1. The third-order valence-corrected chi connectivity index (χ3v) is 4.85. The Morgan fingerprint density at radius 2 is 1.96 bits per heavy atom. The summed E-state index contributed by atoms with van der Waals surface area (Å²) in [4.78, 5) is 18.3. The molecule has 1 aliphatic rings. The molecule has 1 amide bonds. The molecular weight excluding hydrogens is 314 g/mol. The molecule has 5 heteroatoms. The van der Waals surface area contributed by atoms with E-state index >= 15 is 0 Å². The quantitative estimate of drug-likeness (QED) is 0.831. The molecule has 2 aromatic rings. The van der Waals surface area contributed by atoms with Gasteiger partial charge in [0.15, 0.2) is 0 Å². The summed E-state index contributed by atoms with van der Waals surface area (Å²) in [6.07, 6.45) is 3.72. The standard InChI is InChI=1S/C20H25N3O2/c1-25-19-7-5-16(6-8-19)14-22-20(24)17-9-12-23(13-10-17)15-18-4-2-3-11-21-18/h2-8,11,17H,9-10,12-15H2,1H3,(H,22,24)/p+1. The minimum Gasteiger partial charge on any atom is -0.497 e. The van der Waals surface area contributed by atoms with E-state index in [9.17, 15) is 4.79 Å². The minimum absolute atomic E-state index is 0.130. The van der Waals surface area contributed by atoms with Crippen LogP contribution in [0, 0.1) is 5.92 Å². The first-order valence-corrected chi connectivity index (χ1v) is 8.88. The van der Waals surface area contributed by atoms with Crippen LogP contribution >= 0.6 is 0 Å². The Bertz CT molecular complexity index is 665. The summed E-state index contributed by atoms with van der Waals surface area (Å²) < 4.78 is 5.15. The zero-order valence-electron chi connectivity index (χ0n) is 14.7. The van der Waals surface area contributed by atoms with Crippen molar-refractivity contribution < 1.29 is 14.4 Å². The molecule has 3 rings (SSSR count). The SMILES string of the molecule is COc1ccc(CNC(=O)C2CC[NH+](Cc3ccccn3)CC2)cc1. The normalized spacial score (nSPS) is 20.0. The highest BCUT2D eigenvalue weighted by atomic mass is 16.5. The van der Waals surface area contributed by atoms with Crippen LogP contribution < -0.4 is 15.0 Å². The maximum atomic E-state index is 12.4. The maximum Gasteiger partial charge on any atom is 0.223 e. The lowest BCUT2D eigenvalue weighted by atomic mass is 9.95. The first kappa shape index (κ1) is 17.4. The van der Waals surface area contributed by atoms with Crippen LogP contribution in [0.1, 0.15) is 24.1 Å². The summed E-state index contributed by atoms with van der Waals surface area (Å²) >= 11 is 0. The number of pyridine rings is 1. The van der Waals surface area contributed by atoms with Gasteiger partial charge in [-0.3, -0.25) is 9.78 Å². The van der Waals surface area contributed by atoms with Crippen molar-refractivity contribution in [3.8, 4) is 5.75 Å². The van der Waals surface area contributed by atoms with Gasteiger partial charge in [-0.15, -0.1) is 0 Å². The lowest BCUT2D eigenvalue weighted by Gasteiger charge is -2.28. The lowest BCUT2D eigenvalue weighted by Crippen LogP contribution is -3.11. The van der Waals surface area contributed by atoms with E-state index in [-0.39, 0.29) is 11.8 Å². The Morgan fingerprint density at radius 3 is 2.60 bits per heavy atom. The van der Waals surface area contributed by atoms with Crippen molar-refractivity contribution in [3.05, 3.63) is 59.9 Å². The maximum absolute atomic E-state index is 12.4. The van der Waals surface area contributed by atoms with Crippen LogP contribution in [0.4, 0.5) is 0 Å². The second kappa shape index (κ2) is 8.62. The number of piperidine rings is 1. The highest BCUT2D eigenvalue weighted by molar-refractivity contribution is 5.78. The molecule has 2 N–H and O–H groups in total. The number of nitrogens with zero attached hydrogens (tertiary/aromatic N) is 1. The van der Waals surface area contributed by atoms with Gasteiger partial charge in [0.1, 0.15) is 12.3 Å². The highest BCUT2D eigenvalue weighted by Gasteiger charge is 2.27. The van der Waals surface area contributed by atoms with Gasteiger partial charge in [0.05, 0.1) is 25.9 Å². The van der Waals surface area contributed by atoms with Gasteiger partial charge in [-0.1, -0.05) is 18.2 Å². The molecule has 0 aliphatic carbocycles. The largest absolute Gasteiger partial charge is 0.497 e. The summed E-state index contributed by atoms with van der Waals surface area (Å²) in [5.74, 6) is 1.14. The van der Waals surface area contributed by atoms with E-state index in [1.165, 1.54) is 4.90 Å². The summed E-state index contributed by atoms with van der Waals surface area (Å²) in [6.45, 7) is 3.57. The number of benzene rings is 1. The molecule has 0 radical (unpaired) electrons. The van der Waals surface area contributed by atoms with Gasteiger partial charge >= 0.3 is 0 Å². The van der Waals surface area contributed by atoms with Crippen molar-refractivity contribution in [2.24, 2.45) is 5.92 Å². The average molecular weight is 340 g/mol. The number of rotatable bonds is 6. The van der Waals surface area contributed by atoms with Gasteiger partial charge in [0.25, 0.3) is 0 Å². The second-order valence-electron chi connectivity index (χ2n) is 6.59. The Labute approximate surface area is 149 Å². The molecule has 0 bridgehead atoms. The molecule has 0 spiro atoms. The Morgan fingerprint density at radius 1 is 1.20 bits per heavy atom. The van der Waals surface area contributed by atoms with Crippen LogP contribution in [0.15, 0.2) is 48.7 Å². The Balaban J connectivity index is 1.41. The van der Waals surface area contributed by atoms with Crippen LogP contribution in [-0.4, -0.2) is 31.1 Å². The van der Waals surface area contributed by atoms with Crippen LogP contribution in [0.2, 0.25) is 0 Å². The number of amides is 1. The van der Waals surface area contributed by atoms with E-state index in [1.807, 2.05) is 42.6 Å². The molecule has 1 aromatic carbocycles. The molecule has 25 heavy (non-hydrogen) atoms. The number of quaternary nitrogens is 1. The van der Waals surface area contributed by atoms with Crippen molar-refractivity contribution in [2.45, 2.75) is 25.9 Å². The first-order chi connectivity index (χ1) is 12.2. The predicted molar refractivity (Wildman–Crippen MR) is 96.2 cm³/mol. The molecule has 0 atom stereocenters. The molecule has 1 saturated heterocycles. The predicted octanol–water partition coefficient (Wildman–Crippen LogP) is 1.20. The number of likely N-dealkylation sites (tertiary alicyclic amines) is 1. The fraction of sp³-hybridized carbons (Fsp3) is 0.400. The monoisotopic (exact) mass is 340 g/mol. The number of nitrogens with one attached hydrogen (secondary N) is 2. The van der Waals surface area contributed by atoms with E-state index in [4.69, 9.17) is 4.74 Å². The number of carbonyl (C=O) groups excluding carboxylic acids is 1. The third kappa shape index (κ3) is 5.03. The number of hydrogen-bond acceptors (Lipinski definition) is 3. The number of ether oxygens (including phenoxy) is 1. The summed E-state index contributed by atoms with van der Waals surface area (Å²) in [5, 5.41) is 3.07. The van der Waals surface area contributed by atoms with Crippen molar-refractivity contribution in [1.29, 1.82) is 0 Å². The molecule has 132 valence electrons. The van der Waals surface area contributed by atoms with Crippen LogP contribution in [-0.2, 0) is 17.9 Å². The number of aromatic nitrogens is 1. The first-order valence-electron chi connectivity index (χ1n) is 8.88. The van der Waals surface area contributed by atoms with Gasteiger partial charge in [-0.2, -0.15) is 0 Å². The number of carbonyl (C=O) groups is 1. The van der Waals surface area contributed by atoms with Crippen molar-refractivity contribution in [1.82, 2.24) is 10.3 Å². The van der Waals surface area contributed by atoms with Gasteiger partial charge in [-0.25, -0.2) is 0 Å². The fourth-order valence-electron chi connectivity index (χ4n) is 3.30. The van der Waals surface area contributed by atoms with E-state index < -0.39 is 0 Å². The lowest BCUT2D eigenvalue weighted by molar-refractivity contribution is -0.919. The summed E-state index contributed by atoms with van der Waals surface area (Å²) in [7, 11) is 1.65. The van der Waals surface area contributed by atoms with Crippen LogP contribution in [0.3, 0.4) is 0 Å². The van der Waals surface area contributed by atoms with E-state index in [1.54, 1.807) is 7.11 Å². The fourth-order valence-corrected chi connectivity index (χ4v) is 3.30. The van der Waals surface area contributed by atoms with Crippen molar-refractivity contribution in [3.63, 3.8) is 0 Å². The van der Waals surface area contributed by atoms with E-state index in [0.717, 1.165) is 49.5 Å². The van der Waals surface area contributed by atoms with E-state index in [2.05, 4.69) is 16.4 Å². The van der Waals surface area contributed by atoms with Gasteiger partial charge in [-0.05, 0) is 29.8 Å². The van der Waals surface area contributed by atoms with Crippen LogP contribution in [0.5, 0.6) is 5.75 Å². The molecule has 1 fully saturated rings. The average Bonchev–Trinajstić information content (AvgIpc) is 2.68. The van der Waals surface area contributed by atoms with Gasteiger partial charge in [0.2, 0.25) is 5.91 Å². The Hall–Kier alpha value is -2.40. The molecule has 0 unspecified atom stereocenters. The van der Waals surface area contributed by atoms with Gasteiger partial charge in [0, 0.05) is 31.5 Å². The highest BCUT2D eigenvalue weighted by Crippen LogP contribution is 2.13. The molecule has 0 saturated carbocycles. The zero-order chi connectivity index (χ0) is 17.5. The van der Waals surface area contributed by atoms with E-state index in [0.29, 0.717) is 6.54 Å². The van der Waals surface area contributed by atoms with Crippen molar-refractivity contribution >= 4 is 5.91 Å². The summed E-state index contributed by atoms with van der Waals surface area (Å²) in [5.41, 5.74) is 2.22. The smallest absolute Gasteiger partial charge is 0.223 e.